The molecule has 0 radical (unpaired) electrons. The van der Waals surface area contributed by atoms with Gasteiger partial charge in [-0.15, -0.1) is 0 Å². The molecule has 0 saturated carbocycles. The van der Waals surface area contributed by atoms with Crippen molar-refractivity contribution in [1.29, 1.82) is 0 Å². The Morgan fingerprint density at radius 1 is 1.00 bits per heavy atom. The fraction of sp³-hybridized carbons (Fsp3) is 0.0952. The molecule has 0 aliphatic rings. The van der Waals surface area contributed by atoms with E-state index in [9.17, 15) is 23.1 Å². The quantitative estimate of drug-likeness (QED) is 0.504. The zero-order valence-corrected chi connectivity index (χ0v) is 16.2. The largest absolute Gasteiger partial charge is 0.507 e. The average molecular weight is 438 g/mol. The van der Waals surface area contributed by atoms with Crippen LogP contribution < -0.4 is 14.8 Å². The van der Waals surface area contributed by atoms with Crippen molar-refractivity contribution in [1.82, 2.24) is 0 Å². The smallest absolute Gasteiger partial charge is 0.416 e. The molecular weight excluding hydrogens is 423 g/mol. The van der Waals surface area contributed by atoms with E-state index in [1.807, 2.05) is 0 Å². The molecule has 0 atom stereocenters. The third kappa shape index (κ3) is 4.77. The average Bonchev–Trinajstić information content (AvgIpc) is 2.70. The molecule has 3 aromatic carbocycles. The molecule has 3 rings (SSSR count). The van der Waals surface area contributed by atoms with Crippen LogP contribution in [0.15, 0.2) is 60.7 Å². The van der Waals surface area contributed by atoms with E-state index < -0.39 is 17.6 Å². The number of ether oxygens (including phenoxy) is 2. The van der Waals surface area contributed by atoms with Crippen molar-refractivity contribution in [2.75, 3.05) is 12.4 Å². The first kappa shape index (κ1) is 21.3. The predicted octanol–water partition coefficient (Wildman–Crippen LogP) is 6.12. The van der Waals surface area contributed by atoms with Gasteiger partial charge in [0, 0.05) is 5.02 Å². The highest BCUT2D eigenvalue weighted by Crippen LogP contribution is 2.39. The molecule has 2 N–H and O–H groups in total. The summed E-state index contributed by atoms with van der Waals surface area (Å²) in [4.78, 5) is 12.6. The lowest BCUT2D eigenvalue weighted by Gasteiger charge is -2.16. The Hall–Kier alpha value is -3.39. The number of amides is 1. The van der Waals surface area contributed by atoms with E-state index in [1.54, 1.807) is 24.3 Å². The van der Waals surface area contributed by atoms with Gasteiger partial charge in [0.25, 0.3) is 5.91 Å². The number of phenols is 1. The van der Waals surface area contributed by atoms with Gasteiger partial charge in [0.15, 0.2) is 17.2 Å². The summed E-state index contributed by atoms with van der Waals surface area (Å²) < 4.78 is 50.4. The number of benzene rings is 3. The number of methoxy groups -OCH3 is 1. The number of rotatable bonds is 5. The summed E-state index contributed by atoms with van der Waals surface area (Å²) in [6.45, 7) is 0. The van der Waals surface area contributed by atoms with E-state index in [2.05, 4.69) is 5.32 Å². The lowest BCUT2D eigenvalue weighted by atomic mass is 10.1. The van der Waals surface area contributed by atoms with Crippen molar-refractivity contribution >= 4 is 23.2 Å². The van der Waals surface area contributed by atoms with Crippen LogP contribution in [-0.4, -0.2) is 18.1 Å². The molecule has 0 spiro atoms. The number of halogens is 4. The number of anilines is 1. The highest BCUT2D eigenvalue weighted by Gasteiger charge is 2.31. The first-order valence-electron chi connectivity index (χ1n) is 8.51. The van der Waals surface area contributed by atoms with Crippen molar-refractivity contribution in [3.05, 3.63) is 76.8 Å². The van der Waals surface area contributed by atoms with Crippen molar-refractivity contribution in [2.24, 2.45) is 0 Å². The number of hydrogen-bond donors (Lipinski definition) is 2. The topological polar surface area (TPSA) is 67.8 Å². The van der Waals surface area contributed by atoms with Crippen LogP contribution >= 0.6 is 11.6 Å². The van der Waals surface area contributed by atoms with Gasteiger partial charge in [0.05, 0.1) is 23.9 Å². The molecule has 1 amide bonds. The molecule has 156 valence electrons. The van der Waals surface area contributed by atoms with E-state index in [1.165, 1.54) is 25.3 Å². The summed E-state index contributed by atoms with van der Waals surface area (Å²) in [5, 5.41) is 12.4. The number of hydrogen-bond acceptors (Lipinski definition) is 4. The monoisotopic (exact) mass is 437 g/mol. The van der Waals surface area contributed by atoms with E-state index in [-0.39, 0.29) is 33.5 Å². The molecule has 9 heteroatoms. The second kappa shape index (κ2) is 8.54. The Labute approximate surface area is 174 Å². The molecule has 30 heavy (non-hydrogen) atoms. The molecule has 0 bridgehead atoms. The van der Waals surface area contributed by atoms with E-state index in [0.29, 0.717) is 5.75 Å². The second-order valence-corrected chi connectivity index (χ2v) is 6.51. The van der Waals surface area contributed by atoms with Gasteiger partial charge in [-0.05, 0) is 48.5 Å². The van der Waals surface area contributed by atoms with Crippen LogP contribution in [0.3, 0.4) is 0 Å². The minimum atomic E-state index is -4.64. The van der Waals surface area contributed by atoms with Crippen LogP contribution in [0, 0.1) is 0 Å². The zero-order valence-electron chi connectivity index (χ0n) is 15.5. The second-order valence-electron chi connectivity index (χ2n) is 6.08. The van der Waals surface area contributed by atoms with Crippen molar-refractivity contribution in [3.8, 4) is 23.0 Å². The number of nitrogens with one attached hydrogen (secondary N) is 1. The van der Waals surface area contributed by atoms with Gasteiger partial charge in [-0.25, -0.2) is 0 Å². The molecule has 0 heterocycles. The first-order chi connectivity index (χ1) is 14.2. The van der Waals surface area contributed by atoms with E-state index in [0.717, 1.165) is 18.2 Å². The highest BCUT2D eigenvalue weighted by atomic mass is 35.5. The third-order valence-corrected chi connectivity index (χ3v) is 4.28. The van der Waals surface area contributed by atoms with Gasteiger partial charge < -0.3 is 19.9 Å². The predicted molar refractivity (Wildman–Crippen MR) is 106 cm³/mol. The minimum absolute atomic E-state index is 0.0534. The summed E-state index contributed by atoms with van der Waals surface area (Å²) in [6, 6.07) is 13.0. The molecule has 5 nitrogen and oxygen atoms in total. The normalized spacial score (nSPS) is 11.1. The third-order valence-electron chi connectivity index (χ3n) is 4.05. The Bertz CT molecular complexity index is 1090. The van der Waals surface area contributed by atoms with Gasteiger partial charge in [0.1, 0.15) is 5.75 Å². The van der Waals surface area contributed by atoms with Crippen molar-refractivity contribution in [2.45, 2.75) is 6.18 Å². The summed E-state index contributed by atoms with van der Waals surface area (Å²) in [6.07, 6.45) is -4.64. The van der Waals surface area contributed by atoms with E-state index >= 15 is 0 Å². The van der Waals surface area contributed by atoms with Crippen molar-refractivity contribution in [3.63, 3.8) is 0 Å². The lowest BCUT2D eigenvalue weighted by molar-refractivity contribution is -0.137. The van der Waals surface area contributed by atoms with Gasteiger partial charge in [-0.1, -0.05) is 23.7 Å². The fourth-order valence-electron chi connectivity index (χ4n) is 2.59. The number of carbonyl (C=O) groups excluding carboxylic acids is 1. The fourth-order valence-corrected chi connectivity index (χ4v) is 2.77. The summed E-state index contributed by atoms with van der Waals surface area (Å²) in [5.74, 6) is -0.708. The molecule has 3 aromatic rings. The van der Waals surface area contributed by atoms with Crippen LogP contribution in [0.25, 0.3) is 0 Å². The number of aromatic hydroxyl groups is 1. The Kier molecular flexibility index (Phi) is 6.07. The maximum atomic E-state index is 13.2. The van der Waals surface area contributed by atoms with E-state index in [4.69, 9.17) is 21.1 Å². The molecule has 0 aliphatic heterocycles. The number of phenolic OH excluding ortho intramolecular Hbond substituents is 1. The summed E-state index contributed by atoms with van der Waals surface area (Å²) in [5.41, 5.74) is -1.44. The molecule has 0 aliphatic carbocycles. The van der Waals surface area contributed by atoms with Crippen LogP contribution in [-0.2, 0) is 6.18 Å². The standard InChI is InChI=1S/C21H15ClF3NO4/c1-29-18-4-2-3-5-19(18)30-17-9-6-12(21(23,24)25)10-15(17)26-20(28)14-11-13(22)7-8-16(14)27/h2-11,27H,1H3,(H,26,28). The SMILES string of the molecule is COc1ccccc1Oc1ccc(C(F)(F)F)cc1NC(=O)c1cc(Cl)ccc1O. The van der Waals surface area contributed by atoms with Gasteiger partial charge >= 0.3 is 6.18 Å². The van der Waals surface area contributed by atoms with Crippen LogP contribution in [0.1, 0.15) is 15.9 Å². The van der Waals surface area contributed by atoms with Crippen molar-refractivity contribution < 1.29 is 32.5 Å². The first-order valence-corrected chi connectivity index (χ1v) is 8.89. The van der Waals surface area contributed by atoms with Gasteiger partial charge in [0.2, 0.25) is 0 Å². The van der Waals surface area contributed by atoms with Crippen LogP contribution in [0.5, 0.6) is 23.0 Å². The number of para-hydroxylation sites is 2. The molecular formula is C21H15ClF3NO4. The highest BCUT2D eigenvalue weighted by molar-refractivity contribution is 6.31. The minimum Gasteiger partial charge on any atom is -0.507 e. The Balaban J connectivity index is 2.01. The number of carbonyl (C=O) groups is 1. The molecule has 0 fully saturated rings. The maximum absolute atomic E-state index is 13.2. The van der Waals surface area contributed by atoms with Crippen LogP contribution in [0.4, 0.5) is 18.9 Å². The van der Waals surface area contributed by atoms with Gasteiger partial charge in [-0.2, -0.15) is 13.2 Å². The molecule has 0 saturated heterocycles. The Morgan fingerprint density at radius 2 is 1.70 bits per heavy atom. The lowest BCUT2D eigenvalue weighted by Crippen LogP contribution is -2.14. The number of alkyl halides is 3. The Morgan fingerprint density at radius 3 is 2.37 bits per heavy atom. The zero-order chi connectivity index (χ0) is 21.9. The van der Waals surface area contributed by atoms with Gasteiger partial charge in [-0.3, -0.25) is 4.79 Å². The molecule has 0 unspecified atom stereocenters. The summed E-state index contributed by atoms with van der Waals surface area (Å²) in [7, 11) is 1.42. The van der Waals surface area contributed by atoms with Crippen LogP contribution in [0.2, 0.25) is 5.02 Å². The summed E-state index contributed by atoms with van der Waals surface area (Å²) >= 11 is 5.84. The maximum Gasteiger partial charge on any atom is 0.416 e. The molecule has 0 aromatic heterocycles.